The first-order chi connectivity index (χ1) is 15.3. The van der Waals surface area contributed by atoms with E-state index in [0.717, 1.165) is 56.5 Å². The summed E-state index contributed by atoms with van der Waals surface area (Å²) in [7, 11) is 0. The molecule has 0 aromatic carbocycles. The van der Waals surface area contributed by atoms with E-state index >= 15 is 0 Å². The number of urea groups is 1. The van der Waals surface area contributed by atoms with Crippen LogP contribution in [0.5, 0.6) is 0 Å². The fraction of sp³-hybridized carbons (Fsp3) is 0.826. The van der Waals surface area contributed by atoms with E-state index in [2.05, 4.69) is 5.32 Å². The Morgan fingerprint density at radius 2 is 1.59 bits per heavy atom. The zero-order valence-corrected chi connectivity index (χ0v) is 19.1. The number of aliphatic carboxylic acids is 1. The summed E-state index contributed by atoms with van der Waals surface area (Å²) in [5.74, 6) is -1.62. The molecule has 32 heavy (non-hydrogen) atoms. The molecular weight excluding hydrogens is 412 g/mol. The first-order valence-electron chi connectivity index (χ1n) is 12.2. The van der Waals surface area contributed by atoms with E-state index < -0.39 is 24.0 Å². The van der Waals surface area contributed by atoms with Gasteiger partial charge >= 0.3 is 12.0 Å². The zero-order chi connectivity index (χ0) is 22.9. The van der Waals surface area contributed by atoms with E-state index in [0.29, 0.717) is 38.5 Å². The summed E-state index contributed by atoms with van der Waals surface area (Å²) in [6.07, 6.45) is 7.54. The van der Waals surface area contributed by atoms with Crippen LogP contribution in [0.25, 0.3) is 0 Å². The summed E-state index contributed by atoms with van der Waals surface area (Å²) < 4.78 is 0. The van der Waals surface area contributed by atoms with Gasteiger partial charge in [0, 0.05) is 31.6 Å². The second kappa shape index (κ2) is 9.37. The molecule has 0 bridgehead atoms. The minimum Gasteiger partial charge on any atom is -0.480 e. The van der Waals surface area contributed by atoms with Gasteiger partial charge in [-0.3, -0.25) is 9.59 Å². The molecule has 2 atom stereocenters. The van der Waals surface area contributed by atoms with Crippen molar-refractivity contribution >= 4 is 23.8 Å². The molecule has 3 aliphatic heterocycles. The second-order valence-corrected chi connectivity index (χ2v) is 10.2. The van der Waals surface area contributed by atoms with Crippen molar-refractivity contribution in [3.05, 3.63) is 0 Å². The molecule has 178 valence electrons. The molecule has 4 fully saturated rings. The maximum absolute atomic E-state index is 13.1. The summed E-state index contributed by atoms with van der Waals surface area (Å²) in [6, 6.07) is -1.61. The molecule has 4 amide bonds. The van der Waals surface area contributed by atoms with E-state index in [4.69, 9.17) is 0 Å². The zero-order valence-electron chi connectivity index (χ0n) is 19.1. The average molecular weight is 449 g/mol. The SMILES string of the molecule is CC1(C(=O)N2CCN(C(=O)N3C(=O)[C@H](CC4CCNCC4)[C@H]3C(=O)O)CC2)CCCCC1. The Morgan fingerprint density at radius 3 is 2.19 bits per heavy atom. The Morgan fingerprint density at radius 1 is 1.00 bits per heavy atom. The van der Waals surface area contributed by atoms with Crippen LogP contribution >= 0.6 is 0 Å². The van der Waals surface area contributed by atoms with Crippen LogP contribution in [0, 0.1) is 17.3 Å². The molecule has 4 aliphatic rings. The molecule has 0 aromatic rings. The number of carbonyl (C=O) groups excluding carboxylic acids is 3. The van der Waals surface area contributed by atoms with Gasteiger partial charge in [0.25, 0.3) is 0 Å². The highest BCUT2D eigenvalue weighted by atomic mass is 16.4. The molecule has 9 nitrogen and oxygen atoms in total. The van der Waals surface area contributed by atoms with Crippen molar-refractivity contribution in [2.24, 2.45) is 17.3 Å². The van der Waals surface area contributed by atoms with Crippen molar-refractivity contribution in [2.45, 2.75) is 64.3 Å². The van der Waals surface area contributed by atoms with Crippen LogP contribution < -0.4 is 5.32 Å². The van der Waals surface area contributed by atoms with Gasteiger partial charge in [-0.1, -0.05) is 26.2 Å². The van der Waals surface area contributed by atoms with Crippen molar-refractivity contribution in [1.29, 1.82) is 0 Å². The predicted octanol–water partition coefficient (Wildman–Crippen LogP) is 1.52. The van der Waals surface area contributed by atoms with Crippen LogP contribution in [-0.4, -0.2) is 88.9 Å². The molecule has 0 radical (unpaired) electrons. The largest absolute Gasteiger partial charge is 0.480 e. The number of rotatable bonds is 4. The Balaban J connectivity index is 1.33. The van der Waals surface area contributed by atoms with Gasteiger partial charge in [-0.25, -0.2) is 14.5 Å². The highest BCUT2D eigenvalue weighted by Gasteiger charge is 2.56. The number of hydrogen-bond acceptors (Lipinski definition) is 5. The van der Waals surface area contributed by atoms with Crippen LogP contribution in [-0.2, 0) is 14.4 Å². The lowest BCUT2D eigenvalue weighted by molar-refractivity contribution is -0.167. The lowest BCUT2D eigenvalue weighted by atomic mass is 9.74. The minimum atomic E-state index is -1.11. The van der Waals surface area contributed by atoms with Gasteiger partial charge in [0.15, 0.2) is 6.04 Å². The number of imide groups is 1. The third kappa shape index (κ3) is 4.36. The standard InChI is InChI=1S/C23H36N4O5/c1-23(7-3-2-4-8-23)21(31)25-11-13-26(14-12-25)22(32)27-18(20(29)30)17(19(27)28)15-16-5-9-24-10-6-16/h16-18,24H,2-15H2,1H3,(H,29,30)/t17-,18+/m1/s1. The lowest BCUT2D eigenvalue weighted by Crippen LogP contribution is -2.70. The Kier molecular flexibility index (Phi) is 6.74. The Hall–Kier alpha value is -2.16. The van der Waals surface area contributed by atoms with Gasteiger partial charge in [0.1, 0.15) is 0 Å². The first kappa shape index (κ1) is 23.0. The summed E-state index contributed by atoms with van der Waals surface area (Å²) in [4.78, 5) is 55.1. The third-order valence-electron chi connectivity index (χ3n) is 8.03. The van der Waals surface area contributed by atoms with Crippen LogP contribution in [0.4, 0.5) is 4.79 Å². The molecule has 1 aliphatic carbocycles. The van der Waals surface area contributed by atoms with Gasteiger partial charge in [-0.2, -0.15) is 0 Å². The number of piperidine rings is 1. The number of carbonyl (C=O) groups is 4. The topological polar surface area (TPSA) is 110 Å². The number of nitrogens with one attached hydrogen (secondary N) is 1. The van der Waals surface area contributed by atoms with Gasteiger partial charge in [0.2, 0.25) is 11.8 Å². The highest BCUT2D eigenvalue weighted by Crippen LogP contribution is 2.38. The summed E-state index contributed by atoms with van der Waals surface area (Å²) >= 11 is 0. The summed E-state index contributed by atoms with van der Waals surface area (Å²) in [5.41, 5.74) is -0.311. The normalized spacial score (nSPS) is 28.9. The fourth-order valence-corrected chi connectivity index (χ4v) is 5.93. The van der Waals surface area contributed by atoms with E-state index in [1.165, 1.54) is 11.3 Å². The van der Waals surface area contributed by atoms with Gasteiger partial charge in [0.05, 0.1) is 5.92 Å². The quantitative estimate of drug-likeness (QED) is 0.631. The minimum absolute atomic E-state index is 0.162. The molecule has 9 heteroatoms. The molecule has 3 heterocycles. The molecule has 2 N–H and O–H groups in total. The van der Waals surface area contributed by atoms with Crippen molar-refractivity contribution in [1.82, 2.24) is 20.0 Å². The van der Waals surface area contributed by atoms with Crippen LogP contribution in [0.15, 0.2) is 0 Å². The van der Waals surface area contributed by atoms with Crippen LogP contribution in [0.3, 0.4) is 0 Å². The van der Waals surface area contributed by atoms with Crippen molar-refractivity contribution in [3.63, 3.8) is 0 Å². The van der Waals surface area contributed by atoms with Crippen molar-refractivity contribution in [2.75, 3.05) is 39.3 Å². The van der Waals surface area contributed by atoms with Gasteiger partial charge < -0.3 is 20.2 Å². The van der Waals surface area contributed by atoms with Crippen molar-refractivity contribution in [3.8, 4) is 0 Å². The molecule has 3 saturated heterocycles. The molecule has 4 rings (SSSR count). The van der Waals surface area contributed by atoms with Gasteiger partial charge in [-0.15, -0.1) is 0 Å². The third-order valence-corrected chi connectivity index (χ3v) is 8.03. The number of carboxylic acids is 1. The number of hydrogen-bond donors (Lipinski definition) is 2. The monoisotopic (exact) mass is 448 g/mol. The maximum Gasteiger partial charge on any atom is 0.327 e. The Bertz CT molecular complexity index is 751. The molecule has 0 unspecified atom stereocenters. The van der Waals surface area contributed by atoms with Crippen LogP contribution in [0.2, 0.25) is 0 Å². The number of β-lactam (4-membered cyclic amide) rings is 1. The van der Waals surface area contributed by atoms with Crippen molar-refractivity contribution < 1.29 is 24.3 Å². The average Bonchev–Trinajstić information content (AvgIpc) is 2.81. The van der Waals surface area contributed by atoms with E-state index in [9.17, 15) is 24.3 Å². The molecule has 0 aromatic heterocycles. The number of carboxylic acid groups (broad SMARTS) is 1. The fourth-order valence-electron chi connectivity index (χ4n) is 5.93. The van der Waals surface area contributed by atoms with E-state index in [-0.39, 0.29) is 17.2 Å². The first-order valence-corrected chi connectivity index (χ1v) is 12.2. The maximum atomic E-state index is 13.1. The summed E-state index contributed by atoms with van der Waals surface area (Å²) in [6.45, 7) is 5.33. The molecule has 1 saturated carbocycles. The number of amides is 4. The van der Waals surface area contributed by atoms with E-state index in [1.54, 1.807) is 0 Å². The van der Waals surface area contributed by atoms with E-state index in [1.807, 2.05) is 11.8 Å². The smallest absolute Gasteiger partial charge is 0.327 e. The number of likely N-dealkylation sites (tertiary alicyclic amines) is 1. The molecular formula is C23H36N4O5. The Labute approximate surface area is 189 Å². The second-order valence-electron chi connectivity index (χ2n) is 10.2. The van der Waals surface area contributed by atoms with Crippen LogP contribution in [0.1, 0.15) is 58.3 Å². The molecule has 0 spiro atoms. The lowest BCUT2D eigenvalue weighted by Gasteiger charge is -2.47. The number of piperazine rings is 1. The predicted molar refractivity (Wildman–Crippen MR) is 117 cm³/mol. The highest BCUT2D eigenvalue weighted by molar-refractivity contribution is 6.07. The summed E-state index contributed by atoms with van der Waals surface area (Å²) in [5, 5.41) is 13.0. The number of nitrogens with zero attached hydrogens (tertiary/aromatic N) is 3. The van der Waals surface area contributed by atoms with Gasteiger partial charge in [-0.05, 0) is 51.1 Å².